The molecule has 0 saturated carbocycles. The first-order valence-electron chi connectivity index (χ1n) is 7.13. The second-order valence-electron chi connectivity index (χ2n) is 5.34. The number of esters is 1. The molecule has 1 aromatic carbocycles. The van der Waals surface area contributed by atoms with Gasteiger partial charge in [0.15, 0.2) is 5.78 Å². The topological polar surface area (TPSA) is 55.8 Å². The van der Waals surface area contributed by atoms with E-state index in [0.29, 0.717) is 18.4 Å². The SMILES string of the molecule is COC(=O)CCCC(=O)c1ccc2c(c1)N(C)CC(C)O2. The summed E-state index contributed by atoms with van der Waals surface area (Å²) in [6, 6.07) is 5.49. The van der Waals surface area contributed by atoms with Crippen LogP contribution in [-0.2, 0) is 9.53 Å². The van der Waals surface area contributed by atoms with Gasteiger partial charge in [0, 0.05) is 25.5 Å². The summed E-state index contributed by atoms with van der Waals surface area (Å²) in [4.78, 5) is 25.3. The van der Waals surface area contributed by atoms with Crippen molar-refractivity contribution >= 4 is 17.4 Å². The number of anilines is 1. The van der Waals surface area contributed by atoms with Crippen LogP contribution in [0, 0.1) is 0 Å². The Morgan fingerprint density at radius 3 is 2.86 bits per heavy atom. The number of fused-ring (bicyclic) bond motifs is 1. The fourth-order valence-electron chi connectivity index (χ4n) is 2.47. The van der Waals surface area contributed by atoms with Gasteiger partial charge in [-0.1, -0.05) is 0 Å². The number of likely N-dealkylation sites (N-methyl/N-ethyl adjacent to an activating group) is 1. The number of Topliss-reactive ketones (excluding diaryl/α,β-unsaturated/α-hetero) is 1. The van der Waals surface area contributed by atoms with E-state index in [4.69, 9.17) is 4.74 Å². The minimum atomic E-state index is -0.282. The number of methoxy groups -OCH3 is 1. The first-order chi connectivity index (χ1) is 10.0. The molecule has 0 spiro atoms. The summed E-state index contributed by atoms with van der Waals surface area (Å²) in [5.41, 5.74) is 1.59. The lowest BCUT2D eigenvalue weighted by Gasteiger charge is -2.32. The van der Waals surface area contributed by atoms with Gasteiger partial charge in [-0.25, -0.2) is 0 Å². The standard InChI is InChI=1S/C16H21NO4/c1-11-10-17(2)13-9-12(7-8-15(13)21-11)14(18)5-4-6-16(19)20-3/h7-9,11H,4-6,10H2,1-3H3. The molecule has 1 aromatic rings. The fourth-order valence-corrected chi connectivity index (χ4v) is 2.47. The normalized spacial score (nSPS) is 16.9. The minimum absolute atomic E-state index is 0.0359. The van der Waals surface area contributed by atoms with E-state index in [9.17, 15) is 9.59 Å². The van der Waals surface area contributed by atoms with Gasteiger partial charge >= 0.3 is 5.97 Å². The Balaban J connectivity index is 2.03. The molecule has 114 valence electrons. The number of hydrogen-bond donors (Lipinski definition) is 0. The van der Waals surface area contributed by atoms with Crippen molar-refractivity contribution in [3.05, 3.63) is 23.8 Å². The van der Waals surface area contributed by atoms with E-state index in [1.54, 1.807) is 6.07 Å². The Morgan fingerprint density at radius 1 is 1.38 bits per heavy atom. The van der Waals surface area contributed by atoms with Crippen LogP contribution in [0.5, 0.6) is 5.75 Å². The highest BCUT2D eigenvalue weighted by Gasteiger charge is 2.21. The van der Waals surface area contributed by atoms with E-state index in [0.717, 1.165) is 18.0 Å². The lowest BCUT2D eigenvalue weighted by molar-refractivity contribution is -0.140. The number of benzene rings is 1. The van der Waals surface area contributed by atoms with Gasteiger partial charge in [-0.2, -0.15) is 0 Å². The van der Waals surface area contributed by atoms with Gasteiger partial charge in [0.1, 0.15) is 11.9 Å². The van der Waals surface area contributed by atoms with E-state index >= 15 is 0 Å². The molecule has 21 heavy (non-hydrogen) atoms. The highest BCUT2D eigenvalue weighted by Crippen LogP contribution is 2.33. The van der Waals surface area contributed by atoms with Crippen LogP contribution in [0.3, 0.4) is 0 Å². The van der Waals surface area contributed by atoms with Crippen molar-refractivity contribution in [2.24, 2.45) is 0 Å². The number of ether oxygens (including phenoxy) is 2. The molecule has 0 aliphatic carbocycles. The summed E-state index contributed by atoms with van der Waals surface area (Å²) in [7, 11) is 3.34. The molecule has 2 rings (SSSR count). The monoisotopic (exact) mass is 291 g/mol. The average molecular weight is 291 g/mol. The summed E-state index contributed by atoms with van der Waals surface area (Å²) in [5.74, 6) is 0.562. The largest absolute Gasteiger partial charge is 0.487 e. The molecule has 1 heterocycles. The maximum absolute atomic E-state index is 12.2. The highest BCUT2D eigenvalue weighted by molar-refractivity contribution is 5.97. The fraction of sp³-hybridized carbons (Fsp3) is 0.500. The Bertz CT molecular complexity index is 541. The van der Waals surface area contributed by atoms with E-state index in [2.05, 4.69) is 9.64 Å². The number of carbonyl (C=O) groups is 2. The lowest BCUT2D eigenvalue weighted by atomic mass is 10.0. The van der Waals surface area contributed by atoms with Crippen molar-refractivity contribution in [1.29, 1.82) is 0 Å². The Labute approximate surface area is 124 Å². The van der Waals surface area contributed by atoms with Gasteiger partial charge in [0.2, 0.25) is 0 Å². The van der Waals surface area contributed by atoms with Crippen molar-refractivity contribution in [2.75, 3.05) is 25.6 Å². The number of nitrogens with zero attached hydrogens (tertiary/aromatic N) is 1. The Hall–Kier alpha value is -2.04. The van der Waals surface area contributed by atoms with Crippen molar-refractivity contribution < 1.29 is 19.1 Å². The van der Waals surface area contributed by atoms with Crippen LogP contribution in [0.25, 0.3) is 0 Å². The average Bonchev–Trinajstić information content (AvgIpc) is 2.46. The zero-order chi connectivity index (χ0) is 15.4. The zero-order valence-electron chi connectivity index (χ0n) is 12.7. The zero-order valence-corrected chi connectivity index (χ0v) is 12.7. The summed E-state index contributed by atoms with van der Waals surface area (Å²) in [5, 5.41) is 0. The second-order valence-corrected chi connectivity index (χ2v) is 5.34. The van der Waals surface area contributed by atoms with E-state index in [-0.39, 0.29) is 24.3 Å². The summed E-state index contributed by atoms with van der Waals surface area (Å²) in [6.07, 6.45) is 1.26. The van der Waals surface area contributed by atoms with Gasteiger partial charge < -0.3 is 14.4 Å². The third-order valence-corrected chi connectivity index (χ3v) is 3.56. The molecule has 0 aromatic heterocycles. The summed E-state index contributed by atoms with van der Waals surface area (Å²) < 4.78 is 10.3. The maximum Gasteiger partial charge on any atom is 0.305 e. The van der Waals surface area contributed by atoms with Crippen LogP contribution in [0.15, 0.2) is 18.2 Å². The molecule has 0 N–H and O–H groups in total. The number of rotatable bonds is 5. The molecule has 0 fully saturated rings. The molecule has 1 aliphatic heterocycles. The molecular weight excluding hydrogens is 270 g/mol. The van der Waals surface area contributed by atoms with Crippen LogP contribution in [-0.4, -0.2) is 38.6 Å². The lowest BCUT2D eigenvalue weighted by Crippen LogP contribution is -2.35. The van der Waals surface area contributed by atoms with Gasteiger partial charge in [-0.05, 0) is 31.5 Å². The predicted octanol–water partition coefficient (Wildman–Crippen LogP) is 2.43. The molecule has 0 bridgehead atoms. The second kappa shape index (κ2) is 6.61. The molecular formula is C16H21NO4. The number of hydrogen-bond acceptors (Lipinski definition) is 5. The third kappa shape index (κ3) is 3.74. The summed E-state index contributed by atoms with van der Waals surface area (Å²) in [6.45, 7) is 2.82. The number of carbonyl (C=O) groups excluding carboxylic acids is 2. The van der Waals surface area contributed by atoms with Crippen LogP contribution < -0.4 is 9.64 Å². The molecule has 1 aliphatic rings. The van der Waals surface area contributed by atoms with E-state index in [1.165, 1.54) is 7.11 Å². The van der Waals surface area contributed by atoms with Crippen LogP contribution in [0.4, 0.5) is 5.69 Å². The first-order valence-corrected chi connectivity index (χ1v) is 7.13. The molecule has 0 radical (unpaired) electrons. The maximum atomic E-state index is 12.2. The van der Waals surface area contributed by atoms with Gasteiger partial charge in [0.25, 0.3) is 0 Å². The van der Waals surface area contributed by atoms with Gasteiger partial charge in [0.05, 0.1) is 19.3 Å². The summed E-state index contributed by atoms with van der Waals surface area (Å²) >= 11 is 0. The first kappa shape index (κ1) is 15.4. The Kier molecular flexibility index (Phi) is 4.83. The minimum Gasteiger partial charge on any atom is -0.487 e. The highest BCUT2D eigenvalue weighted by atomic mass is 16.5. The molecule has 5 nitrogen and oxygen atoms in total. The van der Waals surface area contributed by atoms with Crippen LogP contribution in [0.2, 0.25) is 0 Å². The molecule has 1 unspecified atom stereocenters. The quantitative estimate of drug-likeness (QED) is 0.616. The van der Waals surface area contributed by atoms with Crippen molar-refractivity contribution in [3.8, 4) is 5.75 Å². The smallest absolute Gasteiger partial charge is 0.305 e. The van der Waals surface area contributed by atoms with Gasteiger partial charge in [-0.3, -0.25) is 9.59 Å². The van der Waals surface area contributed by atoms with E-state index in [1.807, 2.05) is 26.1 Å². The van der Waals surface area contributed by atoms with Crippen molar-refractivity contribution in [3.63, 3.8) is 0 Å². The van der Waals surface area contributed by atoms with Crippen molar-refractivity contribution in [1.82, 2.24) is 0 Å². The molecule has 1 atom stereocenters. The molecule has 0 amide bonds. The molecule has 0 saturated heterocycles. The Morgan fingerprint density at radius 2 is 2.14 bits per heavy atom. The van der Waals surface area contributed by atoms with Gasteiger partial charge in [-0.15, -0.1) is 0 Å². The van der Waals surface area contributed by atoms with Crippen LogP contribution >= 0.6 is 0 Å². The van der Waals surface area contributed by atoms with Crippen LogP contribution in [0.1, 0.15) is 36.5 Å². The van der Waals surface area contributed by atoms with E-state index < -0.39 is 0 Å². The van der Waals surface area contributed by atoms with Crippen molar-refractivity contribution in [2.45, 2.75) is 32.3 Å². The predicted molar refractivity (Wildman–Crippen MR) is 80.0 cm³/mol. The number of ketones is 1. The third-order valence-electron chi connectivity index (χ3n) is 3.56. The molecule has 5 heteroatoms.